The summed E-state index contributed by atoms with van der Waals surface area (Å²) in [4.78, 5) is 21.4. The van der Waals surface area contributed by atoms with Crippen molar-refractivity contribution in [2.24, 2.45) is 11.1 Å². The summed E-state index contributed by atoms with van der Waals surface area (Å²) < 4.78 is 0. The molecule has 0 saturated carbocycles. The van der Waals surface area contributed by atoms with Gasteiger partial charge in [-0.15, -0.1) is 4.91 Å². The van der Waals surface area contributed by atoms with E-state index in [2.05, 4.69) is 5.18 Å². The fraction of sp³-hybridized carbons (Fsp3) is 0.875. The van der Waals surface area contributed by atoms with Gasteiger partial charge in [0.25, 0.3) is 0 Å². The van der Waals surface area contributed by atoms with Gasteiger partial charge < -0.3 is 0 Å². The van der Waals surface area contributed by atoms with Gasteiger partial charge in [-0.3, -0.25) is 4.79 Å². The average Bonchev–Trinajstić information content (AvgIpc) is 2.01. The summed E-state index contributed by atoms with van der Waals surface area (Å²) in [5.41, 5.74) is -1.02. The van der Waals surface area contributed by atoms with Gasteiger partial charge in [0, 0.05) is 0 Å². The number of rotatable bonds is 4. The van der Waals surface area contributed by atoms with Crippen LogP contribution < -0.4 is 0 Å². The highest BCUT2D eigenvalue weighted by Gasteiger charge is 2.36. The van der Waals surface area contributed by atoms with Gasteiger partial charge in [0.1, 0.15) is 0 Å². The molecular weight excluding hydrogens is 142 g/mol. The molecule has 0 aliphatic carbocycles. The van der Waals surface area contributed by atoms with Crippen molar-refractivity contribution in [1.29, 1.82) is 0 Å². The predicted molar refractivity (Wildman–Crippen MR) is 44.3 cm³/mol. The number of carbonyl (C=O) groups excluding carboxylic acids is 1. The normalized spacial score (nSPS) is 18.5. The molecular formula is C8H15NO2. The second-order valence-corrected chi connectivity index (χ2v) is 3.10. The fourth-order valence-electron chi connectivity index (χ4n) is 0.899. The van der Waals surface area contributed by atoms with Crippen LogP contribution in [0.5, 0.6) is 0 Å². The number of Topliss-reactive ketones (excluding diaryl/α,β-unsaturated/α-hetero) is 1. The molecule has 0 N–H and O–H groups in total. The minimum absolute atomic E-state index is 0.0255. The van der Waals surface area contributed by atoms with Crippen molar-refractivity contribution >= 4 is 5.78 Å². The van der Waals surface area contributed by atoms with Crippen molar-refractivity contribution in [3.05, 3.63) is 4.91 Å². The molecule has 3 nitrogen and oxygen atoms in total. The molecule has 2 atom stereocenters. The predicted octanol–water partition coefficient (Wildman–Crippen LogP) is 2.15. The first kappa shape index (κ1) is 10.3. The topological polar surface area (TPSA) is 46.5 Å². The summed E-state index contributed by atoms with van der Waals surface area (Å²) in [6, 6.07) is 0. The second-order valence-electron chi connectivity index (χ2n) is 3.10. The van der Waals surface area contributed by atoms with Crippen LogP contribution in [0.15, 0.2) is 5.18 Å². The quantitative estimate of drug-likeness (QED) is 0.587. The molecule has 1 unspecified atom stereocenters. The SMILES string of the molecule is CC[C@H](C)C(C)(N=O)C(C)=O. The first-order valence-corrected chi connectivity index (χ1v) is 3.84. The van der Waals surface area contributed by atoms with E-state index in [1.807, 2.05) is 13.8 Å². The van der Waals surface area contributed by atoms with Crippen molar-refractivity contribution in [3.8, 4) is 0 Å². The molecule has 0 rings (SSSR count). The molecule has 0 aliphatic heterocycles. The molecule has 0 aliphatic rings. The van der Waals surface area contributed by atoms with Crippen LogP contribution in [0, 0.1) is 10.8 Å². The van der Waals surface area contributed by atoms with Crippen LogP contribution in [0.2, 0.25) is 0 Å². The number of ketones is 1. The number of hydrogen-bond acceptors (Lipinski definition) is 3. The fourth-order valence-corrected chi connectivity index (χ4v) is 0.899. The highest BCUT2D eigenvalue weighted by molar-refractivity contribution is 5.86. The summed E-state index contributed by atoms with van der Waals surface area (Å²) >= 11 is 0. The first-order chi connectivity index (χ1) is 4.99. The third-order valence-corrected chi connectivity index (χ3v) is 2.47. The van der Waals surface area contributed by atoms with Crippen LogP contribution in [0.3, 0.4) is 0 Å². The molecule has 0 bridgehead atoms. The molecule has 64 valence electrons. The van der Waals surface area contributed by atoms with E-state index in [4.69, 9.17) is 0 Å². The van der Waals surface area contributed by atoms with Crippen LogP contribution in [-0.2, 0) is 4.79 Å². The van der Waals surface area contributed by atoms with E-state index < -0.39 is 5.54 Å². The Hall–Kier alpha value is -0.730. The Bertz CT molecular complexity index is 167. The second kappa shape index (κ2) is 3.60. The van der Waals surface area contributed by atoms with E-state index in [9.17, 15) is 9.70 Å². The average molecular weight is 157 g/mol. The molecule has 11 heavy (non-hydrogen) atoms. The molecule has 0 spiro atoms. The Labute approximate surface area is 67.2 Å². The standard InChI is InChI=1S/C8H15NO2/c1-5-6(2)8(4,9-11)7(3)10/h6H,5H2,1-4H3/t6-,8?/m0/s1. The molecule has 0 aromatic carbocycles. The van der Waals surface area contributed by atoms with Gasteiger partial charge in [0.15, 0.2) is 11.3 Å². The summed E-state index contributed by atoms with van der Waals surface area (Å²) in [5, 5.41) is 2.89. The maximum absolute atomic E-state index is 11.0. The van der Waals surface area contributed by atoms with E-state index in [0.29, 0.717) is 0 Å². The highest BCUT2D eigenvalue weighted by Crippen LogP contribution is 2.24. The van der Waals surface area contributed by atoms with Gasteiger partial charge in [-0.05, 0) is 19.8 Å². The third-order valence-electron chi connectivity index (χ3n) is 2.47. The lowest BCUT2D eigenvalue weighted by atomic mass is 9.83. The lowest BCUT2D eigenvalue weighted by Gasteiger charge is -2.24. The van der Waals surface area contributed by atoms with E-state index >= 15 is 0 Å². The summed E-state index contributed by atoms with van der Waals surface area (Å²) in [5.74, 6) is -0.126. The lowest BCUT2D eigenvalue weighted by Crippen LogP contribution is -2.37. The number of hydrogen-bond donors (Lipinski definition) is 0. The monoisotopic (exact) mass is 157 g/mol. The Morgan fingerprint density at radius 1 is 1.64 bits per heavy atom. The molecule has 0 heterocycles. The molecule has 0 fully saturated rings. The van der Waals surface area contributed by atoms with Crippen molar-refractivity contribution in [2.45, 2.75) is 39.7 Å². The zero-order chi connectivity index (χ0) is 9.07. The summed E-state index contributed by atoms with van der Waals surface area (Å²) in [7, 11) is 0. The maximum Gasteiger partial charge on any atom is 0.160 e. The summed E-state index contributed by atoms with van der Waals surface area (Å²) in [6.45, 7) is 6.81. The Kier molecular flexibility index (Phi) is 3.36. The zero-order valence-electron chi connectivity index (χ0n) is 7.55. The van der Waals surface area contributed by atoms with Gasteiger partial charge in [-0.25, -0.2) is 0 Å². The molecule has 0 amide bonds. The highest BCUT2D eigenvalue weighted by atomic mass is 16.3. The van der Waals surface area contributed by atoms with Gasteiger partial charge >= 0.3 is 0 Å². The van der Waals surface area contributed by atoms with Crippen molar-refractivity contribution < 1.29 is 4.79 Å². The van der Waals surface area contributed by atoms with Gasteiger partial charge in [0.2, 0.25) is 0 Å². The smallest absolute Gasteiger partial charge is 0.160 e. The van der Waals surface area contributed by atoms with Crippen LogP contribution in [-0.4, -0.2) is 11.3 Å². The van der Waals surface area contributed by atoms with E-state index in [-0.39, 0.29) is 11.7 Å². The van der Waals surface area contributed by atoms with Gasteiger partial charge in [-0.2, -0.15) is 0 Å². The van der Waals surface area contributed by atoms with Crippen molar-refractivity contribution in [2.75, 3.05) is 0 Å². The molecule has 0 radical (unpaired) electrons. The van der Waals surface area contributed by atoms with Crippen molar-refractivity contribution in [1.82, 2.24) is 0 Å². The Balaban J connectivity index is 4.58. The maximum atomic E-state index is 11.0. The van der Waals surface area contributed by atoms with E-state index in [0.717, 1.165) is 6.42 Å². The Morgan fingerprint density at radius 3 is 2.18 bits per heavy atom. The minimum atomic E-state index is -1.02. The molecule has 0 aromatic rings. The number of carbonyl (C=O) groups is 1. The molecule has 0 saturated heterocycles. The van der Waals surface area contributed by atoms with Gasteiger partial charge in [-0.1, -0.05) is 25.4 Å². The van der Waals surface area contributed by atoms with E-state index in [1.54, 1.807) is 6.92 Å². The molecule has 0 aromatic heterocycles. The third kappa shape index (κ3) is 1.85. The minimum Gasteiger partial charge on any atom is -0.297 e. The summed E-state index contributed by atoms with van der Waals surface area (Å²) in [6.07, 6.45) is 0.793. The van der Waals surface area contributed by atoms with Gasteiger partial charge in [0.05, 0.1) is 0 Å². The lowest BCUT2D eigenvalue weighted by molar-refractivity contribution is -0.123. The van der Waals surface area contributed by atoms with Crippen LogP contribution in [0.4, 0.5) is 0 Å². The van der Waals surface area contributed by atoms with E-state index in [1.165, 1.54) is 6.92 Å². The van der Waals surface area contributed by atoms with Crippen LogP contribution in [0.1, 0.15) is 34.1 Å². The number of nitroso groups, excluding NO2 is 1. The van der Waals surface area contributed by atoms with Crippen LogP contribution >= 0.6 is 0 Å². The first-order valence-electron chi connectivity index (χ1n) is 3.84. The molecule has 3 heteroatoms. The van der Waals surface area contributed by atoms with Crippen LogP contribution in [0.25, 0.3) is 0 Å². The largest absolute Gasteiger partial charge is 0.297 e. The Morgan fingerprint density at radius 2 is 2.09 bits per heavy atom. The zero-order valence-corrected chi connectivity index (χ0v) is 7.55. The number of nitrogens with zero attached hydrogens (tertiary/aromatic N) is 1. The van der Waals surface area contributed by atoms with Crippen molar-refractivity contribution in [3.63, 3.8) is 0 Å².